The van der Waals surface area contributed by atoms with E-state index in [1.54, 1.807) is 25.1 Å². The first-order valence-corrected chi connectivity index (χ1v) is 13.9. The normalized spacial score (nSPS) is 22.8. The van der Waals surface area contributed by atoms with Crippen molar-refractivity contribution < 1.29 is 19.1 Å². The summed E-state index contributed by atoms with van der Waals surface area (Å²) in [5, 5.41) is 13.8. The summed E-state index contributed by atoms with van der Waals surface area (Å²) in [4.78, 5) is 47.6. The van der Waals surface area contributed by atoms with Gasteiger partial charge in [0.25, 0.3) is 5.91 Å². The second-order valence-corrected chi connectivity index (χ2v) is 11.3. The van der Waals surface area contributed by atoms with Crippen molar-refractivity contribution in [1.29, 1.82) is 5.26 Å². The molecule has 2 aliphatic heterocycles. The fraction of sp³-hybridized carbons (Fsp3) is 0.419. The van der Waals surface area contributed by atoms with Crippen LogP contribution in [0.15, 0.2) is 48.5 Å². The third-order valence-corrected chi connectivity index (χ3v) is 9.09. The van der Waals surface area contributed by atoms with Gasteiger partial charge in [0.2, 0.25) is 11.8 Å². The molecular weight excluding hydrogens is 506 g/mol. The van der Waals surface area contributed by atoms with Crippen molar-refractivity contribution >= 4 is 34.3 Å². The average molecular weight is 540 g/mol. The zero-order chi connectivity index (χ0) is 28.0. The lowest BCUT2D eigenvalue weighted by Crippen LogP contribution is -2.52. The molecule has 2 aromatic carbocycles. The Bertz CT molecular complexity index is 1530. The summed E-state index contributed by atoms with van der Waals surface area (Å²) in [6.45, 7) is 0.111. The largest absolute Gasteiger partial charge is 0.496 e. The van der Waals surface area contributed by atoms with Crippen molar-refractivity contribution in [2.24, 2.45) is 5.92 Å². The van der Waals surface area contributed by atoms with E-state index in [1.165, 1.54) is 4.90 Å². The Morgan fingerprint density at radius 2 is 1.98 bits per heavy atom. The molecule has 9 nitrogen and oxygen atoms in total. The van der Waals surface area contributed by atoms with Crippen molar-refractivity contribution in [2.45, 2.75) is 56.0 Å². The summed E-state index contributed by atoms with van der Waals surface area (Å²) in [7, 11) is 3.25. The fourth-order valence-electron chi connectivity index (χ4n) is 6.92. The van der Waals surface area contributed by atoms with Crippen LogP contribution in [-0.4, -0.2) is 65.3 Å². The predicted octanol–water partition coefficient (Wildman–Crippen LogP) is 4.21. The highest BCUT2D eigenvalue weighted by molar-refractivity contribution is 6.07. The van der Waals surface area contributed by atoms with Gasteiger partial charge >= 0.3 is 0 Å². The molecule has 3 aromatic rings. The molecule has 1 aliphatic carbocycles. The van der Waals surface area contributed by atoms with Crippen LogP contribution in [-0.2, 0) is 15.0 Å². The molecule has 3 heterocycles. The smallest absolute Gasteiger partial charge is 0.270 e. The van der Waals surface area contributed by atoms with Crippen molar-refractivity contribution in [3.05, 3.63) is 59.8 Å². The maximum Gasteiger partial charge on any atom is 0.270 e. The van der Waals surface area contributed by atoms with E-state index in [2.05, 4.69) is 16.4 Å². The molecule has 0 bridgehead atoms. The summed E-state index contributed by atoms with van der Waals surface area (Å²) >= 11 is 0. The Labute approximate surface area is 233 Å². The zero-order valence-electron chi connectivity index (χ0n) is 22.8. The molecule has 6 rings (SSSR count). The van der Waals surface area contributed by atoms with E-state index >= 15 is 0 Å². The van der Waals surface area contributed by atoms with Crippen LogP contribution in [0, 0.1) is 17.2 Å². The quantitative estimate of drug-likeness (QED) is 0.487. The fourth-order valence-corrected chi connectivity index (χ4v) is 6.92. The molecule has 2 N–H and O–H groups in total. The molecule has 1 unspecified atom stereocenters. The molecule has 3 amide bonds. The Hall–Kier alpha value is -4.32. The molecular formula is C31H33N5O4. The lowest BCUT2D eigenvalue weighted by atomic mass is 9.80. The van der Waals surface area contributed by atoms with Crippen LogP contribution in [0.3, 0.4) is 0 Å². The first-order valence-electron chi connectivity index (χ1n) is 13.9. The number of carbonyl (C=O) groups excluding carboxylic acids is 3. The van der Waals surface area contributed by atoms with Gasteiger partial charge in [-0.05, 0) is 42.2 Å². The van der Waals surface area contributed by atoms with Gasteiger partial charge in [-0.3, -0.25) is 14.4 Å². The maximum absolute atomic E-state index is 14.3. The summed E-state index contributed by atoms with van der Waals surface area (Å²) < 4.78 is 5.46. The van der Waals surface area contributed by atoms with Gasteiger partial charge in [0.15, 0.2) is 0 Å². The molecule has 1 saturated heterocycles. The Balaban J connectivity index is 1.32. The van der Waals surface area contributed by atoms with E-state index in [0.29, 0.717) is 23.8 Å². The van der Waals surface area contributed by atoms with Crippen molar-refractivity contribution in [1.82, 2.24) is 14.8 Å². The number of amides is 3. The minimum Gasteiger partial charge on any atom is -0.496 e. The maximum atomic E-state index is 14.3. The third kappa shape index (κ3) is 4.10. The number of nitriles is 1. The highest BCUT2D eigenvalue weighted by Crippen LogP contribution is 2.46. The summed E-state index contributed by atoms with van der Waals surface area (Å²) in [5.74, 6) is 0.203. The minimum atomic E-state index is -0.971. The number of nitrogens with zero attached hydrogens (tertiary/aromatic N) is 3. The monoisotopic (exact) mass is 539 g/mol. The summed E-state index contributed by atoms with van der Waals surface area (Å²) in [5.41, 5.74) is 1.71. The van der Waals surface area contributed by atoms with Gasteiger partial charge in [0.1, 0.15) is 23.5 Å². The van der Waals surface area contributed by atoms with Gasteiger partial charge in [-0.2, -0.15) is 5.26 Å². The van der Waals surface area contributed by atoms with Crippen molar-refractivity contribution in [3.63, 3.8) is 0 Å². The number of fused-ring (bicyclic) bond motifs is 3. The minimum absolute atomic E-state index is 0.111. The van der Waals surface area contributed by atoms with Gasteiger partial charge < -0.3 is 24.8 Å². The van der Waals surface area contributed by atoms with E-state index in [1.807, 2.05) is 42.5 Å². The van der Waals surface area contributed by atoms with Crippen molar-refractivity contribution in [3.8, 4) is 11.8 Å². The zero-order valence-corrected chi connectivity index (χ0v) is 22.8. The number of likely N-dealkylation sites (N-methyl/N-ethyl adjacent to an activating group) is 1. The highest BCUT2D eigenvalue weighted by atomic mass is 16.5. The number of hydrogen-bond acceptors (Lipinski definition) is 5. The molecule has 3 aliphatic rings. The molecule has 40 heavy (non-hydrogen) atoms. The second-order valence-electron chi connectivity index (χ2n) is 11.3. The molecule has 2 fully saturated rings. The number of aromatic amines is 1. The number of ether oxygens (including phenoxy) is 1. The molecule has 1 spiro atoms. The van der Waals surface area contributed by atoms with Crippen LogP contribution < -0.4 is 10.1 Å². The van der Waals surface area contributed by atoms with Crippen LogP contribution in [0.5, 0.6) is 5.75 Å². The lowest BCUT2D eigenvalue weighted by molar-refractivity contribution is -0.136. The third-order valence-electron chi connectivity index (χ3n) is 9.09. The molecule has 1 aromatic heterocycles. The molecule has 206 valence electrons. The molecule has 3 atom stereocenters. The van der Waals surface area contributed by atoms with Gasteiger partial charge in [-0.25, -0.2) is 0 Å². The van der Waals surface area contributed by atoms with Gasteiger partial charge in [-0.15, -0.1) is 0 Å². The summed E-state index contributed by atoms with van der Waals surface area (Å²) in [6, 6.07) is 15.5. The standard InChI is InChI=1S/C31H33N5O4/c1-35(28(37)25-15-21-23(33-25)12-7-13-27(21)40-2)26(14-19-8-3-4-9-19)29(38)36-18-31(16-20(36)17-32)22-10-5-6-11-24(22)34-30(31)39/h5-7,10-13,15,19-20,26,33H,3-4,8-9,14,16,18H2,1-2H3,(H,34,39)/t20?,26-,31-/m0/s1. The number of carbonyl (C=O) groups is 3. The Morgan fingerprint density at radius 1 is 1.20 bits per heavy atom. The van der Waals surface area contributed by atoms with Crippen LogP contribution in [0.1, 0.15) is 54.6 Å². The van der Waals surface area contributed by atoms with Crippen LogP contribution in [0.2, 0.25) is 0 Å². The number of nitrogens with one attached hydrogen (secondary N) is 2. The first kappa shape index (κ1) is 25.9. The van der Waals surface area contributed by atoms with E-state index in [4.69, 9.17) is 4.74 Å². The number of methoxy groups -OCH3 is 1. The van der Waals surface area contributed by atoms with Gasteiger partial charge in [0, 0.05) is 36.6 Å². The topological polar surface area (TPSA) is 119 Å². The number of benzene rings is 2. The van der Waals surface area contributed by atoms with Gasteiger partial charge in [0.05, 0.1) is 18.6 Å². The number of rotatable bonds is 6. The average Bonchev–Trinajstić information content (AvgIpc) is 3.77. The first-order chi connectivity index (χ1) is 19.4. The Morgan fingerprint density at radius 3 is 2.73 bits per heavy atom. The van der Waals surface area contributed by atoms with E-state index in [-0.39, 0.29) is 30.7 Å². The predicted molar refractivity (Wildman–Crippen MR) is 150 cm³/mol. The molecule has 0 radical (unpaired) electrons. The Kier molecular flexibility index (Phi) is 6.49. The number of para-hydroxylation sites is 1. The van der Waals surface area contributed by atoms with E-state index in [9.17, 15) is 19.6 Å². The number of likely N-dealkylation sites (tertiary alicyclic amines) is 1. The number of anilines is 1. The molecule has 9 heteroatoms. The second kappa shape index (κ2) is 10.0. The van der Waals surface area contributed by atoms with Crippen molar-refractivity contribution in [2.75, 3.05) is 26.0 Å². The number of H-pyrrole nitrogens is 1. The van der Waals surface area contributed by atoms with Crippen LogP contribution in [0.25, 0.3) is 10.9 Å². The lowest BCUT2D eigenvalue weighted by Gasteiger charge is -2.33. The van der Waals surface area contributed by atoms with Crippen LogP contribution >= 0.6 is 0 Å². The number of aromatic nitrogens is 1. The van der Waals surface area contributed by atoms with Gasteiger partial charge in [-0.1, -0.05) is 49.9 Å². The SMILES string of the molecule is COc1cccc2[nH]c(C(=O)N(C)[C@@H](CC3CCCC3)C(=O)N3C[C@]4(CC3C#N)C(=O)Nc3ccccc34)cc12. The summed E-state index contributed by atoms with van der Waals surface area (Å²) in [6.07, 6.45) is 4.99. The van der Waals surface area contributed by atoms with Crippen LogP contribution in [0.4, 0.5) is 5.69 Å². The van der Waals surface area contributed by atoms with E-state index < -0.39 is 17.5 Å². The highest BCUT2D eigenvalue weighted by Gasteiger charge is 2.56. The van der Waals surface area contributed by atoms with E-state index in [0.717, 1.165) is 47.8 Å². The molecule has 1 saturated carbocycles. The number of hydrogen-bond donors (Lipinski definition) is 2.